The Hall–Kier alpha value is -1.22. The maximum absolute atomic E-state index is 5.90. The Kier molecular flexibility index (Phi) is 3.41. The van der Waals surface area contributed by atoms with E-state index in [2.05, 4.69) is 35.5 Å². The number of likely N-dealkylation sites (N-methyl/N-ethyl adjacent to an activating group) is 1. The van der Waals surface area contributed by atoms with Crippen molar-refractivity contribution in [2.45, 2.75) is 19.3 Å². The molecule has 1 saturated heterocycles. The molecular formula is C15H22N2O. The van der Waals surface area contributed by atoms with E-state index in [9.17, 15) is 0 Å². The molecule has 18 heavy (non-hydrogen) atoms. The molecule has 0 spiro atoms. The standard InChI is InChI=1S/C15H22N2O/c1-17-8-9-18-15-13(5-2-6-14(15)17)10-12-4-3-7-16-11-12/h2,5-6,12,16H,3-4,7-11H2,1H3. The van der Waals surface area contributed by atoms with E-state index in [1.54, 1.807) is 0 Å². The van der Waals surface area contributed by atoms with Crippen molar-refractivity contribution in [2.75, 3.05) is 38.2 Å². The summed E-state index contributed by atoms with van der Waals surface area (Å²) >= 11 is 0. The molecule has 98 valence electrons. The van der Waals surface area contributed by atoms with E-state index in [-0.39, 0.29) is 0 Å². The van der Waals surface area contributed by atoms with Crippen LogP contribution in [0.2, 0.25) is 0 Å². The van der Waals surface area contributed by atoms with Crippen LogP contribution < -0.4 is 15.0 Å². The molecular weight excluding hydrogens is 224 g/mol. The van der Waals surface area contributed by atoms with Gasteiger partial charge >= 0.3 is 0 Å². The minimum absolute atomic E-state index is 0.765. The number of para-hydroxylation sites is 1. The van der Waals surface area contributed by atoms with Crippen LogP contribution >= 0.6 is 0 Å². The number of nitrogens with zero attached hydrogens (tertiary/aromatic N) is 1. The average molecular weight is 246 g/mol. The zero-order chi connectivity index (χ0) is 12.4. The fourth-order valence-corrected chi connectivity index (χ4v) is 3.01. The van der Waals surface area contributed by atoms with Gasteiger partial charge in [0.2, 0.25) is 0 Å². The SMILES string of the molecule is CN1CCOc2c(CC3CCCNC3)cccc21. The lowest BCUT2D eigenvalue weighted by Crippen LogP contribution is -2.32. The van der Waals surface area contributed by atoms with E-state index in [0.29, 0.717) is 0 Å². The highest BCUT2D eigenvalue weighted by molar-refractivity contribution is 5.62. The third kappa shape index (κ3) is 2.32. The number of anilines is 1. The molecule has 2 heterocycles. The van der Waals surface area contributed by atoms with Crippen molar-refractivity contribution in [3.63, 3.8) is 0 Å². The Labute approximate surface area is 109 Å². The summed E-state index contributed by atoms with van der Waals surface area (Å²) in [6, 6.07) is 6.55. The number of hydrogen-bond acceptors (Lipinski definition) is 3. The molecule has 1 aromatic carbocycles. The van der Waals surface area contributed by atoms with Gasteiger partial charge in [0.15, 0.2) is 0 Å². The predicted octanol–water partition coefficient (Wildman–Crippen LogP) is 2.06. The first kappa shape index (κ1) is 11.8. The Morgan fingerprint density at radius 2 is 2.39 bits per heavy atom. The summed E-state index contributed by atoms with van der Waals surface area (Å²) < 4.78 is 5.90. The minimum Gasteiger partial charge on any atom is -0.489 e. The van der Waals surface area contributed by atoms with Gasteiger partial charge in [0.05, 0.1) is 12.2 Å². The third-order valence-electron chi connectivity index (χ3n) is 4.07. The van der Waals surface area contributed by atoms with Crippen LogP contribution in [-0.2, 0) is 6.42 Å². The van der Waals surface area contributed by atoms with Gasteiger partial charge in [-0.15, -0.1) is 0 Å². The maximum atomic E-state index is 5.90. The minimum atomic E-state index is 0.765. The van der Waals surface area contributed by atoms with Crippen molar-refractivity contribution >= 4 is 5.69 Å². The van der Waals surface area contributed by atoms with Crippen molar-refractivity contribution in [3.05, 3.63) is 23.8 Å². The van der Waals surface area contributed by atoms with Crippen LogP contribution in [0.4, 0.5) is 5.69 Å². The van der Waals surface area contributed by atoms with Crippen LogP contribution in [0, 0.1) is 5.92 Å². The highest BCUT2D eigenvalue weighted by atomic mass is 16.5. The lowest BCUT2D eigenvalue weighted by Gasteiger charge is -2.30. The first-order valence-corrected chi connectivity index (χ1v) is 7.01. The number of nitrogens with one attached hydrogen (secondary N) is 1. The Bertz CT molecular complexity index is 413. The Balaban J connectivity index is 1.81. The normalized spacial score (nSPS) is 23.4. The van der Waals surface area contributed by atoms with E-state index in [1.165, 1.54) is 30.6 Å². The second-order valence-electron chi connectivity index (χ2n) is 5.45. The van der Waals surface area contributed by atoms with Gasteiger partial charge in [-0.2, -0.15) is 0 Å². The lowest BCUT2D eigenvalue weighted by atomic mass is 9.91. The van der Waals surface area contributed by atoms with Gasteiger partial charge < -0.3 is 15.0 Å². The van der Waals surface area contributed by atoms with Gasteiger partial charge in [-0.1, -0.05) is 12.1 Å². The van der Waals surface area contributed by atoms with Gasteiger partial charge in [-0.3, -0.25) is 0 Å². The number of piperidine rings is 1. The fourth-order valence-electron chi connectivity index (χ4n) is 3.01. The molecule has 3 rings (SSSR count). The van der Waals surface area contributed by atoms with E-state index in [0.717, 1.165) is 37.8 Å². The zero-order valence-electron chi connectivity index (χ0n) is 11.1. The van der Waals surface area contributed by atoms with E-state index >= 15 is 0 Å². The number of benzene rings is 1. The van der Waals surface area contributed by atoms with Crippen LogP contribution in [0.3, 0.4) is 0 Å². The quantitative estimate of drug-likeness (QED) is 0.864. The second kappa shape index (κ2) is 5.19. The van der Waals surface area contributed by atoms with Crippen molar-refractivity contribution in [3.8, 4) is 5.75 Å². The topological polar surface area (TPSA) is 24.5 Å². The molecule has 1 fully saturated rings. The summed E-state index contributed by atoms with van der Waals surface area (Å²) in [7, 11) is 2.15. The number of hydrogen-bond donors (Lipinski definition) is 1. The fraction of sp³-hybridized carbons (Fsp3) is 0.600. The largest absolute Gasteiger partial charge is 0.489 e. The first-order chi connectivity index (χ1) is 8.84. The van der Waals surface area contributed by atoms with E-state index in [4.69, 9.17) is 4.74 Å². The molecule has 3 heteroatoms. The Morgan fingerprint density at radius 3 is 3.22 bits per heavy atom. The van der Waals surface area contributed by atoms with Crippen LogP contribution in [0.25, 0.3) is 0 Å². The lowest BCUT2D eigenvalue weighted by molar-refractivity contribution is 0.302. The van der Waals surface area contributed by atoms with Gasteiger partial charge in [0.1, 0.15) is 12.4 Å². The van der Waals surface area contributed by atoms with Crippen LogP contribution in [0.5, 0.6) is 5.75 Å². The molecule has 1 N–H and O–H groups in total. The van der Waals surface area contributed by atoms with Crippen molar-refractivity contribution in [1.82, 2.24) is 5.32 Å². The summed E-state index contributed by atoms with van der Waals surface area (Å²) in [5.41, 5.74) is 2.63. The molecule has 1 aromatic rings. The summed E-state index contributed by atoms with van der Waals surface area (Å²) in [5.74, 6) is 1.89. The summed E-state index contributed by atoms with van der Waals surface area (Å²) in [5, 5.41) is 3.49. The average Bonchev–Trinajstić information content (AvgIpc) is 2.41. The third-order valence-corrected chi connectivity index (χ3v) is 4.07. The molecule has 1 unspecified atom stereocenters. The van der Waals surface area contributed by atoms with Crippen molar-refractivity contribution in [1.29, 1.82) is 0 Å². The molecule has 0 bridgehead atoms. The van der Waals surface area contributed by atoms with E-state index in [1.807, 2.05) is 0 Å². The zero-order valence-corrected chi connectivity index (χ0v) is 11.1. The molecule has 2 aliphatic heterocycles. The molecule has 0 aromatic heterocycles. The molecule has 0 radical (unpaired) electrons. The molecule has 3 nitrogen and oxygen atoms in total. The van der Waals surface area contributed by atoms with Gasteiger partial charge in [0.25, 0.3) is 0 Å². The predicted molar refractivity (Wildman–Crippen MR) is 74.5 cm³/mol. The van der Waals surface area contributed by atoms with Crippen LogP contribution in [0.1, 0.15) is 18.4 Å². The number of rotatable bonds is 2. The van der Waals surface area contributed by atoms with Gasteiger partial charge in [0, 0.05) is 7.05 Å². The summed E-state index contributed by atoms with van der Waals surface area (Å²) in [6.45, 7) is 4.13. The van der Waals surface area contributed by atoms with Crippen molar-refractivity contribution < 1.29 is 4.74 Å². The van der Waals surface area contributed by atoms with Gasteiger partial charge in [-0.05, 0) is 49.9 Å². The van der Waals surface area contributed by atoms with Crippen molar-refractivity contribution in [2.24, 2.45) is 5.92 Å². The van der Waals surface area contributed by atoms with E-state index < -0.39 is 0 Å². The molecule has 2 aliphatic rings. The molecule has 0 amide bonds. The van der Waals surface area contributed by atoms with Crippen LogP contribution in [-0.4, -0.2) is 33.3 Å². The van der Waals surface area contributed by atoms with Gasteiger partial charge in [-0.25, -0.2) is 0 Å². The monoisotopic (exact) mass is 246 g/mol. The molecule has 0 aliphatic carbocycles. The molecule has 0 saturated carbocycles. The number of ether oxygens (including phenoxy) is 1. The molecule has 1 atom stereocenters. The highest BCUT2D eigenvalue weighted by Gasteiger charge is 2.21. The smallest absolute Gasteiger partial charge is 0.145 e. The highest BCUT2D eigenvalue weighted by Crippen LogP contribution is 2.35. The Morgan fingerprint density at radius 1 is 1.44 bits per heavy atom. The summed E-state index contributed by atoms with van der Waals surface area (Å²) in [6.07, 6.45) is 3.79. The second-order valence-corrected chi connectivity index (χ2v) is 5.45. The maximum Gasteiger partial charge on any atom is 0.145 e. The first-order valence-electron chi connectivity index (χ1n) is 7.01. The number of fused-ring (bicyclic) bond motifs is 1. The van der Waals surface area contributed by atoms with Crippen LogP contribution in [0.15, 0.2) is 18.2 Å². The summed E-state index contributed by atoms with van der Waals surface area (Å²) in [4.78, 5) is 2.29.